The predicted octanol–water partition coefficient (Wildman–Crippen LogP) is 3.45. The molecule has 0 N–H and O–H groups in total. The van der Waals surface area contributed by atoms with Crippen molar-refractivity contribution in [1.29, 1.82) is 0 Å². The average molecular weight is 267 g/mol. The van der Waals surface area contributed by atoms with Gasteiger partial charge in [-0.3, -0.25) is 0 Å². The Hall–Kier alpha value is -1.16. The predicted molar refractivity (Wildman–Crippen MR) is 61.4 cm³/mol. The molecule has 0 fully saturated rings. The van der Waals surface area contributed by atoms with Crippen molar-refractivity contribution in [3.63, 3.8) is 0 Å². The number of hydrogen-bond donors (Lipinski definition) is 0. The van der Waals surface area contributed by atoms with Gasteiger partial charge in [0.25, 0.3) is 0 Å². The summed E-state index contributed by atoms with van der Waals surface area (Å²) in [5.74, 6) is 1.62. The lowest BCUT2D eigenvalue weighted by Gasteiger charge is -2.01. The van der Waals surface area contributed by atoms with E-state index in [4.69, 9.17) is 4.42 Å². The molecule has 0 unspecified atom stereocenters. The second-order valence-corrected chi connectivity index (χ2v) is 4.03. The monoisotopic (exact) mass is 266 g/mol. The van der Waals surface area contributed by atoms with Crippen molar-refractivity contribution >= 4 is 15.9 Å². The SMILES string of the molecule is CCCc1nc(Br)cc(-c2ccco2)n1. The van der Waals surface area contributed by atoms with Gasteiger partial charge in [0.2, 0.25) is 0 Å². The summed E-state index contributed by atoms with van der Waals surface area (Å²) < 4.78 is 6.10. The zero-order valence-corrected chi connectivity index (χ0v) is 9.99. The molecule has 2 heterocycles. The molecule has 0 bridgehead atoms. The van der Waals surface area contributed by atoms with E-state index < -0.39 is 0 Å². The van der Waals surface area contributed by atoms with Crippen molar-refractivity contribution in [1.82, 2.24) is 9.97 Å². The molecule has 2 aromatic rings. The Kier molecular flexibility index (Phi) is 3.16. The standard InChI is InChI=1S/C11H11BrN2O/c1-2-4-11-13-8(7-10(12)14-11)9-5-3-6-15-9/h3,5-7H,2,4H2,1H3. The number of halogens is 1. The van der Waals surface area contributed by atoms with E-state index in [2.05, 4.69) is 32.8 Å². The lowest BCUT2D eigenvalue weighted by molar-refractivity contribution is 0.579. The first-order valence-electron chi connectivity index (χ1n) is 4.87. The number of hydrogen-bond acceptors (Lipinski definition) is 3. The number of aryl methyl sites for hydroxylation is 1. The van der Waals surface area contributed by atoms with Gasteiger partial charge in [0.05, 0.1) is 6.26 Å². The summed E-state index contributed by atoms with van der Waals surface area (Å²) in [6, 6.07) is 5.60. The van der Waals surface area contributed by atoms with E-state index >= 15 is 0 Å². The van der Waals surface area contributed by atoms with Crippen molar-refractivity contribution in [2.24, 2.45) is 0 Å². The maximum atomic E-state index is 5.30. The summed E-state index contributed by atoms with van der Waals surface area (Å²) in [6.07, 6.45) is 3.56. The van der Waals surface area contributed by atoms with Gasteiger partial charge < -0.3 is 4.42 Å². The first kappa shape index (κ1) is 10.4. The van der Waals surface area contributed by atoms with Crippen molar-refractivity contribution in [3.8, 4) is 11.5 Å². The highest BCUT2D eigenvalue weighted by molar-refractivity contribution is 9.10. The Bertz CT molecular complexity index is 440. The lowest BCUT2D eigenvalue weighted by Crippen LogP contribution is -1.96. The highest BCUT2D eigenvalue weighted by Gasteiger charge is 2.06. The highest BCUT2D eigenvalue weighted by Crippen LogP contribution is 2.20. The molecule has 2 rings (SSSR count). The molecule has 0 aliphatic rings. The minimum Gasteiger partial charge on any atom is -0.463 e. The molecule has 0 amide bonds. The van der Waals surface area contributed by atoms with Crippen LogP contribution in [0.25, 0.3) is 11.5 Å². The number of nitrogens with zero attached hydrogens (tertiary/aromatic N) is 2. The molecule has 15 heavy (non-hydrogen) atoms. The summed E-state index contributed by atoms with van der Waals surface area (Å²) in [4.78, 5) is 8.73. The van der Waals surface area contributed by atoms with Crippen LogP contribution in [0.15, 0.2) is 33.5 Å². The Morgan fingerprint density at radius 1 is 1.40 bits per heavy atom. The fourth-order valence-corrected chi connectivity index (χ4v) is 1.77. The minimum absolute atomic E-state index is 0.774. The summed E-state index contributed by atoms with van der Waals surface area (Å²) in [5, 5.41) is 0. The van der Waals surface area contributed by atoms with Crippen molar-refractivity contribution in [3.05, 3.63) is 34.9 Å². The van der Waals surface area contributed by atoms with Crippen LogP contribution in [-0.4, -0.2) is 9.97 Å². The minimum atomic E-state index is 0.774. The van der Waals surface area contributed by atoms with Gasteiger partial charge in [0.1, 0.15) is 16.1 Å². The topological polar surface area (TPSA) is 38.9 Å². The van der Waals surface area contributed by atoms with Gasteiger partial charge in [-0.25, -0.2) is 9.97 Å². The van der Waals surface area contributed by atoms with Gasteiger partial charge in [-0.15, -0.1) is 0 Å². The van der Waals surface area contributed by atoms with E-state index in [1.54, 1.807) is 6.26 Å². The van der Waals surface area contributed by atoms with E-state index in [-0.39, 0.29) is 0 Å². The third-order valence-electron chi connectivity index (χ3n) is 1.99. The van der Waals surface area contributed by atoms with Crippen LogP contribution in [0.2, 0.25) is 0 Å². The van der Waals surface area contributed by atoms with Crippen LogP contribution < -0.4 is 0 Å². The van der Waals surface area contributed by atoms with Crippen LogP contribution in [0.1, 0.15) is 19.2 Å². The van der Waals surface area contributed by atoms with Crippen molar-refractivity contribution in [2.45, 2.75) is 19.8 Å². The molecule has 0 aliphatic carbocycles. The van der Waals surface area contributed by atoms with E-state index in [9.17, 15) is 0 Å². The maximum absolute atomic E-state index is 5.30. The molecule has 3 nitrogen and oxygen atoms in total. The highest BCUT2D eigenvalue weighted by atomic mass is 79.9. The first-order chi connectivity index (χ1) is 7.29. The fraction of sp³-hybridized carbons (Fsp3) is 0.273. The Morgan fingerprint density at radius 2 is 2.27 bits per heavy atom. The molecule has 0 saturated carbocycles. The van der Waals surface area contributed by atoms with Gasteiger partial charge in [0.15, 0.2) is 5.76 Å². The van der Waals surface area contributed by atoms with Crippen LogP contribution in [-0.2, 0) is 6.42 Å². The van der Waals surface area contributed by atoms with Crippen molar-refractivity contribution < 1.29 is 4.42 Å². The number of aromatic nitrogens is 2. The largest absolute Gasteiger partial charge is 0.463 e. The van der Waals surface area contributed by atoms with E-state index in [0.29, 0.717) is 0 Å². The van der Waals surface area contributed by atoms with E-state index in [0.717, 1.165) is 34.7 Å². The number of rotatable bonds is 3. The molecule has 4 heteroatoms. The van der Waals surface area contributed by atoms with Crippen LogP contribution >= 0.6 is 15.9 Å². The molecule has 0 aromatic carbocycles. The molecule has 78 valence electrons. The summed E-state index contributed by atoms with van der Waals surface area (Å²) >= 11 is 3.38. The Balaban J connectivity index is 2.40. The smallest absolute Gasteiger partial charge is 0.152 e. The van der Waals surface area contributed by atoms with Crippen LogP contribution in [0.3, 0.4) is 0 Å². The second-order valence-electron chi connectivity index (χ2n) is 3.22. The summed E-state index contributed by atoms with van der Waals surface area (Å²) in [5.41, 5.74) is 0.824. The lowest BCUT2D eigenvalue weighted by atomic mass is 10.3. The Labute approximate surface area is 96.7 Å². The molecule has 0 spiro atoms. The molecule has 0 aliphatic heterocycles. The normalized spacial score (nSPS) is 10.5. The zero-order chi connectivity index (χ0) is 10.7. The van der Waals surface area contributed by atoms with Gasteiger partial charge in [-0.1, -0.05) is 6.92 Å². The molecule has 0 atom stereocenters. The van der Waals surface area contributed by atoms with Crippen molar-refractivity contribution in [2.75, 3.05) is 0 Å². The van der Waals surface area contributed by atoms with E-state index in [1.807, 2.05) is 18.2 Å². The average Bonchev–Trinajstić information content (AvgIpc) is 2.70. The van der Waals surface area contributed by atoms with Crippen LogP contribution in [0.5, 0.6) is 0 Å². The number of furan rings is 1. The Morgan fingerprint density at radius 3 is 2.93 bits per heavy atom. The third-order valence-corrected chi connectivity index (χ3v) is 2.39. The maximum Gasteiger partial charge on any atom is 0.152 e. The summed E-state index contributed by atoms with van der Waals surface area (Å²) in [6.45, 7) is 2.11. The molecular formula is C11H11BrN2O. The molecule has 0 saturated heterocycles. The fourth-order valence-electron chi connectivity index (χ4n) is 1.35. The van der Waals surface area contributed by atoms with Crippen LogP contribution in [0.4, 0.5) is 0 Å². The van der Waals surface area contributed by atoms with Gasteiger partial charge in [0, 0.05) is 12.5 Å². The first-order valence-corrected chi connectivity index (χ1v) is 5.66. The summed E-state index contributed by atoms with van der Waals surface area (Å²) in [7, 11) is 0. The second kappa shape index (κ2) is 4.57. The third kappa shape index (κ3) is 2.45. The quantitative estimate of drug-likeness (QED) is 0.799. The van der Waals surface area contributed by atoms with Gasteiger partial charge in [-0.05, 0) is 34.5 Å². The van der Waals surface area contributed by atoms with Gasteiger partial charge >= 0.3 is 0 Å². The van der Waals surface area contributed by atoms with E-state index in [1.165, 1.54) is 0 Å². The van der Waals surface area contributed by atoms with Crippen LogP contribution in [0, 0.1) is 0 Å². The zero-order valence-electron chi connectivity index (χ0n) is 8.40. The molecule has 0 radical (unpaired) electrons. The molecular weight excluding hydrogens is 256 g/mol. The molecule has 2 aromatic heterocycles. The van der Waals surface area contributed by atoms with Gasteiger partial charge in [-0.2, -0.15) is 0 Å².